The summed E-state index contributed by atoms with van der Waals surface area (Å²) in [6.45, 7) is 2.46. The van der Waals surface area contributed by atoms with Gasteiger partial charge in [-0.05, 0) is 24.0 Å². The maximum atomic E-state index is 11.6. The van der Waals surface area contributed by atoms with Gasteiger partial charge in [0.25, 0.3) is 0 Å². The van der Waals surface area contributed by atoms with Crippen LogP contribution in [0, 0.1) is 0 Å². The molecule has 0 radical (unpaired) electrons. The fraction of sp³-hybridized carbons (Fsp3) is 0.364. The first-order chi connectivity index (χ1) is 7.65. The third-order valence-electron chi connectivity index (χ3n) is 1.96. The summed E-state index contributed by atoms with van der Waals surface area (Å²) in [4.78, 5) is 11.6. The predicted octanol–water partition coefficient (Wildman–Crippen LogP) is 1.76. The Kier molecular flexibility index (Phi) is 4.98. The van der Waals surface area contributed by atoms with Gasteiger partial charge >= 0.3 is 5.97 Å². The number of carbonyl (C=O) groups is 1. The van der Waals surface area contributed by atoms with Crippen LogP contribution in [0.25, 0.3) is 0 Å². The van der Waals surface area contributed by atoms with Crippen LogP contribution in [0.3, 0.4) is 0 Å². The number of anilines is 2. The second kappa shape index (κ2) is 6.27. The van der Waals surface area contributed by atoms with E-state index in [1.54, 1.807) is 30.0 Å². The first kappa shape index (κ1) is 12.7. The minimum absolute atomic E-state index is 0.355. The lowest BCUT2D eigenvalue weighted by Crippen LogP contribution is -2.10. The Morgan fingerprint density at radius 1 is 1.44 bits per heavy atom. The highest BCUT2D eigenvalue weighted by atomic mass is 32.2. The molecule has 0 bridgehead atoms. The Morgan fingerprint density at radius 3 is 2.81 bits per heavy atom. The summed E-state index contributed by atoms with van der Waals surface area (Å²) in [7, 11) is 0. The van der Waals surface area contributed by atoms with Crippen LogP contribution in [0.1, 0.15) is 17.3 Å². The maximum absolute atomic E-state index is 11.6. The summed E-state index contributed by atoms with van der Waals surface area (Å²) in [5, 5.41) is 0. The van der Waals surface area contributed by atoms with E-state index in [9.17, 15) is 4.79 Å². The molecule has 0 spiro atoms. The van der Waals surface area contributed by atoms with Crippen LogP contribution < -0.4 is 11.5 Å². The first-order valence-electron chi connectivity index (χ1n) is 5.05. The third kappa shape index (κ3) is 3.66. The maximum Gasteiger partial charge on any atom is 0.340 e. The summed E-state index contributed by atoms with van der Waals surface area (Å²) in [6, 6.07) is 4.77. The van der Waals surface area contributed by atoms with Gasteiger partial charge in [-0.25, -0.2) is 4.79 Å². The monoisotopic (exact) mass is 240 g/mol. The molecule has 0 aromatic heterocycles. The smallest absolute Gasteiger partial charge is 0.340 e. The molecule has 1 aromatic rings. The van der Waals surface area contributed by atoms with Crippen molar-refractivity contribution in [3.63, 3.8) is 0 Å². The lowest BCUT2D eigenvalue weighted by Gasteiger charge is -2.07. The molecule has 0 aliphatic carbocycles. The van der Waals surface area contributed by atoms with Gasteiger partial charge in [-0.2, -0.15) is 11.8 Å². The van der Waals surface area contributed by atoms with Gasteiger partial charge < -0.3 is 16.2 Å². The Bertz CT molecular complexity index is 369. The number of rotatable bonds is 5. The first-order valence-corrected chi connectivity index (χ1v) is 6.20. The van der Waals surface area contributed by atoms with Gasteiger partial charge in [0.15, 0.2) is 0 Å². The van der Waals surface area contributed by atoms with E-state index in [0.717, 1.165) is 11.5 Å². The van der Waals surface area contributed by atoms with E-state index in [-0.39, 0.29) is 0 Å². The zero-order chi connectivity index (χ0) is 12.0. The van der Waals surface area contributed by atoms with E-state index in [1.165, 1.54) is 0 Å². The van der Waals surface area contributed by atoms with Crippen molar-refractivity contribution in [3.8, 4) is 0 Å². The Balaban J connectivity index is 2.53. The Labute approximate surface area is 99.3 Å². The van der Waals surface area contributed by atoms with Crippen LogP contribution in [-0.4, -0.2) is 24.1 Å². The van der Waals surface area contributed by atoms with Gasteiger partial charge in [-0.15, -0.1) is 0 Å². The molecule has 4 nitrogen and oxygen atoms in total. The van der Waals surface area contributed by atoms with Crippen LogP contribution in [-0.2, 0) is 4.74 Å². The SMILES string of the molecule is CCSCCOC(=O)c1ccc(N)cc1N. The lowest BCUT2D eigenvalue weighted by molar-refractivity contribution is 0.0531. The highest BCUT2D eigenvalue weighted by Crippen LogP contribution is 2.16. The molecule has 0 saturated carbocycles. The van der Waals surface area contributed by atoms with E-state index >= 15 is 0 Å². The molecule has 1 aromatic carbocycles. The molecule has 5 heteroatoms. The normalized spacial score (nSPS) is 10.1. The topological polar surface area (TPSA) is 78.3 Å². The van der Waals surface area contributed by atoms with Crippen LogP contribution in [0.4, 0.5) is 11.4 Å². The van der Waals surface area contributed by atoms with Crippen LogP contribution in [0.5, 0.6) is 0 Å². The van der Waals surface area contributed by atoms with Crippen LogP contribution >= 0.6 is 11.8 Å². The number of thioether (sulfide) groups is 1. The highest BCUT2D eigenvalue weighted by Gasteiger charge is 2.10. The minimum Gasteiger partial charge on any atom is -0.461 e. The standard InChI is InChI=1S/C11H16N2O2S/c1-2-16-6-5-15-11(14)9-4-3-8(12)7-10(9)13/h3-4,7H,2,5-6,12-13H2,1H3. The summed E-state index contributed by atoms with van der Waals surface area (Å²) < 4.78 is 5.07. The molecule has 0 amide bonds. The molecule has 88 valence electrons. The number of esters is 1. The molecule has 0 atom stereocenters. The van der Waals surface area contributed by atoms with Gasteiger partial charge in [0.1, 0.15) is 6.61 Å². The zero-order valence-corrected chi connectivity index (χ0v) is 10.0. The van der Waals surface area contributed by atoms with Crippen molar-refractivity contribution in [2.24, 2.45) is 0 Å². The van der Waals surface area contributed by atoms with Crippen molar-refractivity contribution in [1.29, 1.82) is 0 Å². The molecule has 0 aliphatic heterocycles. The average Bonchev–Trinajstić information content (AvgIpc) is 2.24. The highest BCUT2D eigenvalue weighted by molar-refractivity contribution is 7.99. The molecule has 16 heavy (non-hydrogen) atoms. The van der Waals surface area contributed by atoms with Crippen molar-refractivity contribution in [3.05, 3.63) is 23.8 Å². The van der Waals surface area contributed by atoms with Crippen molar-refractivity contribution < 1.29 is 9.53 Å². The third-order valence-corrected chi connectivity index (χ3v) is 2.82. The molecular formula is C11H16N2O2S. The molecule has 0 saturated heterocycles. The number of hydrogen-bond acceptors (Lipinski definition) is 5. The van der Waals surface area contributed by atoms with Crippen molar-refractivity contribution in [1.82, 2.24) is 0 Å². The number of hydrogen-bond donors (Lipinski definition) is 2. The number of ether oxygens (including phenoxy) is 1. The number of carbonyl (C=O) groups excluding carboxylic acids is 1. The van der Waals surface area contributed by atoms with E-state index in [1.807, 2.05) is 0 Å². The van der Waals surface area contributed by atoms with Crippen molar-refractivity contribution in [2.45, 2.75) is 6.92 Å². The number of nitrogens with two attached hydrogens (primary N) is 2. The second-order valence-corrected chi connectivity index (χ2v) is 4.57. The largest absolute Gasteiger partial charge is 0.461 e. The quantitative estimate of drug-likeness (QED) is 0.466. The fourth-order valence-corrected chi connectivity index (χ4v) is 1.67. The van der Waals surface area contributed by atoms with Gasteiger partial charge in [0, 0.05) is 17.1 Å². The second-order valence-electron chi connectivity index (χ2n) is 3.18. The van der Waals surface area contributed by atoms with E-state index in [4.69, 9.17) is 16.2 Å². The summed E-state index contributed by atoms with van der Waals surface area (Å²) in [5.74, 6) is 1.42. The molecule has 0 fully saturated rings. The van der Waals surface area contributed by atoms with Crippen molar-refractivity contribution >= 4 is 29.1 Å². The molecule has 1 rings (SSSR count). The molecule has 0 heterocycles. The van der Waals surface area contributed by atoms with E-state index in [2.05, 4.69) is 6.92 Å². The zero-order valence-electron chi connectivity index (χ0n) is 9.23. The summed E-state index contributed by atoms with van der Waals surface area (Å²) >= 11 is 1.72. The van der Waals surface area contributed by atoms with Gasteiger partial charge in [-0.1, -0.05) is 6.92 Å². The summed E-state index contributed by atoms with van der Waals surface area (Å²) in [6.07, 6.45) is 0. The van der Waals surface area contributed by atoms with Crippen LogP contribution in [0.2, 0.25) is 0 Å². The van der Waals surface area contributed by atoms with Crippen LogP contribution in [0.15, 0.2) is 18.2 Å². The number of nitrogen functional groups attached to an aromatic ring is 2. The molecule has 4 N–H and O–H groups in total. The lowest BCUT2D eigenvalue weighted by atomic mass is 10.1. The predicted molar refractivity (Wildman–Crippen MR) is 68.5 cm³/mol. The fourth-order valence-electron chi connectivity index (χ4n) is 1.18. The molecule has 0 unspecified atom stereocenters. The minimum atomic E-state index is -0.394. The molecule has 0 aliphatic rings. The Morgan fingerprint density at radius 2 is 2.19 bits per heavy atom. The van der Waals surface area contributed by atoms with Gasteiger partial charge in [0.05, 0.1) is 5.56 Å². The summed E-state index contributed by atoms with van der Waals surface area (Å²) in [5.41, 5.74) is 12.5. The number of benzene rings is 1. The van der Waals surface area contributed by atoms with E-state index < -0.39 is 5.97 Å². The van der Waals surface area contributed by atoms with E-state index in [0.29, 0.717) is 23.5 Å². The van der Waals surface area contributed by atoms with Gasteiger partial charge in [0.2, 0.25) is 0 Å². The molecular weight excluding hydrogens is 224 g/mol. The Hall–Kier alpha value is -1.36. The van der Waals surface area contributed by atoms with Crippen molar-refractivity contribution in [2.75, 3.05) is 29.6 Å². The average molecular weight is 240 g/mol. The van der Waals surface area contributed by atoms with Gasteiger partial charge in [-0.3, -0.25) is 0 Å².